The number of methoxy groups -OCH3 is 6. The van der Waals surface area contributed by atoms with Gasteiger partial charge in [0.1, 0.15) is 0 Å². The molecule has 0 aromatic heterocycles. The van der Waals surface area contributed by atoms with Crippen molar-refractivity contribution >= 4 is 134 Å². The molecule has 0 N–H and O–H groups in total. The molecule has 0 aliphatic carbocycles. The molecule has 10 aromatic rings. The van der Waals surface area contributed by atoms with Gasteiger partial charge in [0.2, 0.25) is 0 Å². The molecule has 0 aliphatic rings. The molecular formula is C102H132O21Se4Si4. The summed E-state index contributed by atoms with van der Waals surface area (Å²) >= 11 is 0.574. The van der Waals surface area contributed by atoms with Gasteiger partial charge in [-0.1, -0.05) is 0 Å². The second-order valence-electron chi connectivity index (χ2n) is 34.8. The van der Waals surface area contributed by atoms with E-state index in [0.29, 0.717) is 125 Å². The minimum atomic E-state index is -1.34. The molecule has 0 fully saturated rings. The molecule has 29 heteroatoms. The summed E-state index contributed by atoms with van der Waals surface area (Å²) in [4.78, 5) is 52.6. The fourth-order valence-electron chi connectivity index (χ4n) is 11.9. The molecule has 10 aromatic carbocycles. The zero-order valence-corrected chi connectivity index (χ0v) is 90.4. The van der Waals surface area contributed by atoms with Crippen LogP contribution < -0.4 is 60.5 Å². The monoisotopic (exact) mass is 2120 g/mol. The number of carbonyl (C=O) groups excluding carboxylic acids is 4. The van der Waals surface area contributed by atoms with Crippen molar-refractivity contribution in [3.8, 4) is 51.7 Å². The third-order valence-corrected chi connectivity index (χ3v) is 34.7. The average Bonchev–Trinajstić information content (AvgIpc) is 0.818. The Morgan fingerprint density at radius 3 is 0.748 bits per heavy atom. The van der Waals surface area contributed by atoms with Crippen molar-refractivity contribution < 1.29 is 99.7 Å². The van der Waals surface area contributed by atoms with Gasteiger partial charge in [-0.05, 0) is 0 Å². The van der Waals surface area contributed by atoms with Crippen LogP contribution >= 0.6 is 0 Å². The SMILES string of the molecule is CCOc1cc(C[Se]c2ccccc2)c(C(=O)OCC[Si](C)(C)C)c(OCOC)c1.COCOc1cc(OC)cc(C[Se]c2ccccc2)c1C(=O)OCC[Si](C)(C)C.COCOc1cc(OCc2ccc(OC)cc2)cc(C[Se]c2ccccc2)c1C(=O)OCC[Si](C)(C)C.COCOc1cc(OCc2ccccc2)cc(C[Se]c2ccccc2)c1C(=O)OCC[Si](C)(C)C. The molecule has 0 bridgehead atoms. The maximum atomic E-state index is 13.3. The first-order chi connectivity index (χ1) is 62.8. The van der Waals surface area contributed by atoms with Gasteiger partial charge in [-0.2, -0.15) is 0 Å². The van der Waals surface area contributed by atoms with Crippen LogP contribution in [0, 0.1) is 0 Å². The summed E-state index contributed by atoms with van der Waals surface area (Å²) in [6, 6.07) is 77.2. The zero-order chi connectivity index (χ0) is 95.0. The summed E-state index contributed by atoms with van der Waals surface area (Å²) in [6.07, 6.45) is 0. The Morgan fingerprint density at radius 1 is 0.267 bits per heavy atom. The molecule has 0 atom stereocenters. The molecule has 0 heterocycles. The molecule has 0 spiro atoms. The van der Waals surface area contributed by atoms with Crippen molar-refractivity contribution in [2.24, 2.45) is 0 Å². The molecule has 0 unspecified atom stereocenters. The Morgan fingerprint density at radius 2 is 0.504 bits per heavy atom. The number of carbonyl (C=O) groups is 4. The van der Waals surface area contributed by atoms with Gasteiger partial charge >= 0.3 is 812 Å². The summed E-state index contributed by atoms with van der Waals surface area (Å²) in [7, 11) is 4.19. The molecule has 706 valence electrons. The Kier molecular flexibility index (Phi) is 48.5. The van der Waals surface area contributed by atoms with Crippen LogP contribution in [0.3, 0.4) is 0 Å². The summed E-state index contributed by atoms with van der Waals surface area (Å²) in [5.74, 6) is 3.68. The van der Waals surface area contributed by atoms with Gasteiger partial charge in [0.05, 0.1) is 0 Å². The predicted molar refractivity (Wildman–Crippen MR) is 537 cm³/mol. The van der Waals surface area contributed by atoms with Crippen LogP contribution in [0.4, 0.5) is 0 Å². The van der Waals surface area contributed by atoms with Gasteiger partial charge in [-0.25, -0.2) is 0 Å². The number of benzene rings is 10. The number of ether oxygens (including phenoxy) is 17. The average molecular weight is 2120 g/mol. The van der Waals surface area contributed by atoms with Crippen LogP contribution in [0.25, 0.3) is 0 Å². The third kappa shape index (κ3) is 42.0. The van der Waals surface area contributed by atoms with Gasteiger partial charge in [0.15, 0.2) is 0 Å². The Bertz CT molecular complexity index is 5040. The van der Waals surface area contributed by atoms with Gasteiger partial charge in [-0.15, -0.1) is 0 Å². The Hall–Kier alpha value is -8.93. The minimum absolute atomic E-state index is 0.0143. The number of rotatable bonds is 50. The quantitative estimate of drug-likeness (QED) is 0.0149. The number of hydrogen-bond donors (Lipinski definition) is 0. The Labute approximate surface area is 806 Å². The molecule has 0 radical (unpaired) electrons. The van der Waals surface area contributed by atoms with Gasteiger partial charge in [0, 0.05) is 0 Å². The first-order valence-electron chi connectivity index (χ1n) is 43.5. The molecule has 10 rings (SSSR count). The summed E-state index contributed by atoms with van der Waals surface area (Å²) in [6.45, 7) is 32.2. The molecular weight excluding hydrogens is 1990 g/mol. The fourth-order valence-corrected chi connectivity index (χ4v) is 22.3. The van der Waals surface area contributed by atoms with E-state index in [1.54, 1.807) is 66.9 Å². The van der Waals surface area contributed by atoms with Crippen LogP contribution in [0.2, 0.25) is 103 Å². The maximum absolute atomic E-state index is 13.3. The van der Waals surface area contributed by atoms with Crippen molar-refractivity contribution in [3.63, 3.8) is 0 Å². The van der Waals surface area contributed by atoms with E-state index in [1.165, 1.54) is 17.8 Å². The van der Waals surface area contributed by atoms with Crippen molar-refractivity contribution in [2.45, 2.75) is 144 Å². The van der Waals surface area contributed by atoms with Crippen LogP contribution in [0.5, 0.6) is 51.7 Å². The molecule has 0 amide bonds. The van der Waals surface area contributed by atoms with Crippen LogP contribution in [0.1, 0.15) is 81.7 Å². The van der Waals surface area contributed by atoms with E-state index >= 15 is 0 Å². The van der Waals surface area contributed by atoms with Crippen molar-refractivity contribution in [1.29, 1.82) is 0 Å². The number of hydrogen-bond acceptors (Lipinski definition) is 21. The van der Waals surface area contributed by atoms with E-state index in [4.69, 9.17) is 80.5 Å². The van der Waals surface area contributed by atoms with Crippen molar-refractivity contribution in [1.82, 2.24) is 0 Å². The first kappa shape index (κ1) is 109. The van der Waals surface area contributed by atoms with Crippen LogP contribution in [0.15, 0.2) is 224 Å². The molecule has 0 saturated carbocycles. The van der Waals surface area contributed by atoms with Gasteiger partial charge in [-0.3, -0.25) is 0 Å². The van der Waals surface area contributed by atoms with Crippen LogP contribution in [-0.2, 0) is 72.4 Å². The fraction of sp³-hybridized carbons (Fsp3) is 0.373. The van der Waals surface area contributed by atoms with E-state index in [-0.39, 0.29) is 111 Å². The standard InChI is InChI=1S/C29H36O6SeSi.C28H34O5SeSi.C23H32O5SeSi.C22H30O5SeSi/c1-31-21-35-27-18-25(34-19-22-11-13-24(32-2)14-12-22)17-23(20-36-26-9-7-6-8-10-26)28(27)29(30)33-15-16-37(3,4)5;1-30-21-33-26-18-24(32-19-22-11-7-5-8-12-22)17-23(20-34-25-13-9-6-10-14-25)27(26)28(29)31-15-16-35(2,3)4;1-6-26-19-14-18(16-29-20-10-8-7-9-11-20)22(21(15-19)28-17-25-2)23(24)27-12-13-30(3,4)5;1-24-16-27-20-14-18(25-2)13-17(15-28-19-9-7-6-8-10-19)21(20)22(23)26-11-12-29(3,4)5/h6-14,17-18H,15-16,19-21H2,1-5H3;5-14,17-18H,15-16,19-21H2,1-4H3;7-11,14-15H,6,12-13,16-17H2,1-5H3;6-10,13-14H,11-12,15-16H2,1-5H3. The van der Waals surface area contributed by atoms with E-state index in [2.05, 4.69) is 127 Å². The van der Waals surface area contributed by atoms with Crippen molar-refractivity contribution in [2.75, 3.05) is 103 Å². The van der Waals surface area contributed by atoms with E-state index < -0.39 is 32.3 Å². The zero-order valence-electron chi connectivity index (χ0n) is 79.5. The summed E-state index contributed by atoms with van der Waals surface area (Å²) in [5, 5.41) is 2.87. The second-order valence-corrected chi connectivity index (χ2v) is 66.1. The topological polar surface area (TPSA) is 225 Å². The molecule has 0 aliphatic heterocycles. The third-order valence-electron chi connectivity index (χ3n) is 19.0. The molecule has 131 heavy (non-hydrogen) atoms. The Balaban J connectivity index is 0.000000240. The first-order valence-corrected chi connectivity index (χ1v) is 66.6. The normalized spacial score (nSPS) is 11.2. The van der Waals surface area contributed by atoms with Crippen LogP contribution in [-0.4, -0.2) is 219 Å². The predicted octanol–water partition coefficient (Wildman–Crippen LogP) is 18.3. The second kappa shape index (κ2) is 58.3. The summed E-state index contributed by atoms with van der Waals surface area (Å²) in [5.41, 5.74) is 7.39. The van der Waals surface area contributed by atoms with Crippen molar-refractivity contribution in [3.05, 3.63) is 280 Å². The summed E-state index contributed by atoms with van der Waals surface area (Å²) < 4.78 is 100.0. The molecule has 0 saturated heterocycles. The number of esters is 4. The molecule has 21 nitrogen and oxygen atoms in total. The van der Waals surface area contributed by atoms with E-state index in [0.717, 1.165) is 73.9 Å². The van der Waals surface area contributed by atoms with Gasteiger partial charge < -0.3 is 0 Å². The van der Waals surface area contributed by atoms with E-state index in [1.807, 2.05) is 159 Å². The van der Waals surface area contributed by atoms with Gasteiger partial charge in [0.25, 0.3) is 0 Å². The van der Waals surface area contributed by atoms with E-state index in [9.17, 15) is 19.2 Å².